The van der Waals surface area contributed by atoms with Crippen molar-refractivity contribution in [2.75, 3.05) is 57.7 Å². The Balaban J connectivity index is 1.41. The van der Waals surface area contributed by atoms with E-state index in [9.17, 15) is 9.59 Å². The lowest BCUT2D eigenvalue weighted by molar-refractivity contribution is -0.135. The normalized spacial score (nSPS) is 23.8. The van der Waals surface area contributed by atoms with Gasteiger partial charge < -0.3 is 10.2 Å². The summed E-state index contributed by atoms with van der Waals surface area (Å²) in [5.74, 6) is 1.29. The molecule has 2 amide bonds. The zero-order valence-electron chi connectivity index (χ0n) is 17.2. The second-order valence-corrected chi connectivity index (χ2v) is 9.38. The first-order chi connectivity index (χ1) is 13.8. The van der Waals surface area contributed by atoms with Crippen LogP contribution in [-0.2, 0) is 9.59 Å². The number of hydrogen-bond acceptors (Lipinski definition) is 4. The highest BCUT2D eigenvalue weighted by Crippen LogP contribution is 2.23. The number of anilines is 1. The van der Waals surface area contributed by atoms with Gasteiger partial charge in [-0.15, -0.1) is 0 Å². The Labute approximate surface area is 183 Å². The van der Waals surface area contributed by atoms with Crippen LogP contribution in [0.15, 0.2) is 18.2 Å². The molecule has 2 atom stereocenters. The van der Waals surface area contributed by atoms with Crippen molar-refractivity contribution in [1.29, 1.82) is 0 Å². The number of nitrogens with zero attached hydrogens (tertiary/aromatic N) is 3. The maximum atomic E-state index is 12.7. The molecule has 1 N–H and O–H groups in total. The van der Waals surface area contributed by atoms with Crippen LogP contribution in [0.25, 0.3) is 0 Å². The fourth-order valence-corrected chi connectivity index (χ4v) is 4.82. The van der Waals surface area contributed by atoms with Crippen molar-refractivity contribution in [2.24, 2.45) is 11.8 Å². The summed E-state index contributed by atoms with van der Waals surface area (Å²) in [7, 11) is 0. The molecule has 29 heavy (non-hydrogen) atoms. The van der Waals surface area contributed by atoms with Gasteiger partial charge in [0.15, 0.2) is 0 Å². The monoisotopic (exact) mass is 440 g/mol. The molecule has 2 saturated heterocycles. The Morgan fingerprint density at radius 1 is 0.931 bits per heavy atom. The lowest BCUT2D eigenvalue weighted by Gasteiger charge is -2.38. The molecule has 6 nitrogen and oxygen atoms in total. The Kier molecular flexibility index (Phi) is 7.79. The SMILES string of the molecule is C[C@@H]1C[C@@H](C)CN(C(=O)CN2CCN(CC(=O)Nc3cc(Cl)cc(Cl)c3)CC2)C1. The number of hydrogen-bond donors (Lipinski definition) is 1. The number of likely N-dealkylation sites (tertiary alicyclic amines) is 1. The number of rotatable bonds is 5. The fourth-order valence-electron chi connectivity index (χ4n) is 4.29. The zero-order chi connectivity index (χ0) is 21.0. The molecule has 0 radical (unpaired) electrons. The summed E-state index contributed by atoms with van der Waals surface area (Å²) in [6.07, 6.45) is 1.20. The van der Waals surface area contributed by atoms with Gasteiger partial charge in [0, 0.05) is 55.0 Å². The van der Waals surface area contributed by atoms with E-state index in [4.69, 9.17) is 23.2 Å². The third-order valence-electron chi connectivity index (χ3n) is 5.56. The number of amides is 2. The zero-order valence-corrected chi connectivity index (χ0v) is 18.7. The van der Waals surface area contributed by atoms with Gasteiger partial charge >= 0.3 is 0 Å². The van der Waals surface area contributed by atoms with Crippen LogP contribution >= 0.6 is 23.2 Å². The topological polar surface area (TPSA) is 55.9 Å². The Morgan fingerprint density at radius 2 is 1.45 bits per heavy atom. The fraction of sp³-hybridized carbons (Fsp3) is 0.619. The predicted molar refractivity (Wildman–Crippen MR) is 117 cm³/mol. The van der Waals surface area contributed by atoms with Gasteiger partial charge in [0.05, 0.1) is 13.1 Å². The molecule has 2 aliphatic rings. The van der Waals surface area contributed by atoms with Crippen molar-refractivity contribution < 1.29 is 9.59 Å². The Bertz CT molecular complexity index is 707. The highest BCUT2D eigenvalue weighted by Gasteiger charge is 2.27. The maximum absolute atomic E-state index is 12.7. The number of carbonyl (C=O) groups excluding carboxylic acids is 2. The maximum Gasteiger partial charge on any atom is 0.238 e. The van der Waals surface area contributed by atoms with E-state index in [1.54, 1.807) is 18.2 Å². The first kappa shape index (κ1) is 22.3. The molecule has 0 spiro atoms. The van der Waals surface area contributed by atoms with Crippen molar-refractivity contribution in [3.63, 3.8) is 0 Å². The van der Waals surface area contributed by atoms with Gasteiger partial charge in [0.1, 0.15) is 0 Å². The van der Waals surface area contributed by atoms with Gasteiger partial charge in [-0.3, -0.25) is 19.4 Å². The second-order valence-electron chi connectivity index (χ2n) is 8.50. The smallest absolute Gasteiger partial charge is 0.238 e. The van der Waals surface area contributed by atoms with E-state index in [0.717, 1.165) is 39.3 Å². The van der Waals surface area contributed by atoms with Crippen LogP contribution in [0.3, 0.4) is 0 Å². The van der Waals surface area contributed by atoms with E-state index in [1.165, 1.54) is 6.42 Å². The van der Waals surface area contributed by atoms with Gasteiger partial charge in [0.2, 0.25) is 11.8 Å². The molecule has 1 aromatic rings. The number of nitrogens with one attached hydrogen (secondary N) is 1. The second kappa shape index (κ2) is 10.1. The molecule has 8 heteroatoms. The summed E-state index contributed by atoms with van der Waals surface area (Å²) in [5, 5.41) is 3.82. The van der Waals surface area contributed by atoms with E-state index in [-0.39, 0.29) is 11.8 Å². The number of benzene rings is 1. The third-order valence-corrected chi connectivity index (χ3v) is 6.00. The van der Waals surface area contributed by atoms with Crippen LogP contribution in [0, 0.1) is 11.8 Å². The minimum absolute atomic E-state index is 0.0934. The molecule has 0 unspecified atom stereocenters. The molecule has 3 rings (SSSR count). The van der Waals surface area contributed by atoms with Crippen LogP contribution in [-0.4, -0.2) is 78.9 Å². The summed E-state index contributed by atoms with van der Waals surface area (Å²) in [6, 6.07) is 4.98. The number of piperidine rings is 1. The van der Waals surface area contributed by atoms with Crippen molar-refractivity contribution in [1.82, 2.24) is 14.7 Å². The van der Waals surface area contributed by atoms with Gasteiger partial charge in [-0.1, -0.05) is 37.0 Å². The largest absolute Gasteiger partial charge is 0.341 e. The number of carbonyl (C=O) groups is 2. The Morgan fingerprint density at radius 3 is 2.00 bits per heavy atom. The molecule has 2 fully saturated rings. The number of halogens is 2. The quantitative estimate of drug-likeness (QED) is 0.763. The minimum atomic E-state index is -0.0934. The van der Waals surface area contributed by atoms with E-state index in [0.29, 0.717) is 40.7 Å². The Hall–Kier alpha value is -1.34. The van der Waals surface area contributed by atoms with Crippen molar-refractivity contribution in [3.05, 3.63) is 28.2 Å². The van der Waals surface area contributed by atoms with Crippen LogP contribution in [0.2, 0.25) is 10.0 Å². The van der Waals surface area contributed by atoms with Gasteiger partial charge in [-0.2, -0.15) is 0 Å². The van der Waals surface area contributed by atoms with Crippen molar-refractivity contribution in [3.8, 4) is 0 Å². The molecular weight excluding hydrogens is 411 g/mol. The van der Waals surface area contributed by atoms with Crippen LogP contribution < -0.4 is 5.32 Å². The first-order valence-corrected chi connectivity index (χ1v) is 11.0. The molecule has 0 saturated carbocycles. The van der Waals surface area contributed by atoms with E-state index in [1.807, 2.05) is 4.90 Å². The van der Waals surface area contributed by atoms with Gasteiger partial charge in [-0.05, 0) is 36.5 Å². The summed E-state index contributed by atoms with van der Waals surface area (Å²) in [4.78, 5) is 31.3. The average Bonchev–Trinajstić information content (AvgIpc) is 2.61. The lowest BCUT2D eigenvalue weighted by Crippen LogP contribution is -2.52. The standard InChI is InChI=1S/C21H30Cl2N4O2/c1-15-7-16(2)12-27(11-15)21(29)14-26-5-3-25(4-6-26)13-20(28)24-19-9-17(22)8-18(23)10-19/h8-10,15-16H,3-7,11-14H2,1-2H3,(H,24,28)/t15-,16-/m1/s1. The molecule has 2 aliphatic heterocycles. The van der Waals surface area contributed by atoms with Crippen LogP contribution in [0.4, 0.5) is 5.69 Å². The van der Waals surface area contributed by atoms with E-state index in [2.05, 4.69) is 29.0 Å². The van der Waals surface area contributed by atoms with E-state index < -0.39 is 0 Å². The van der Waals surface area contributed by atoms with Crippen molar-refractivity contribution in [2.45, 2.75) is 20.3 Å². The summed E-state index contributed by atoms with van der Waals surface area (Å²) < 4.78 is 0. The molecule has 160 valence electrons. The molecule has 2 heterocycles. The molecule has 1 aromatic carbocycles. The van der Waals surface area contributed by atoms with Gasteiger partial charge in [0.25, 0.3) is 0 Å². The molecular formula is C21H30Cl2N4O2. The average molecular weight is 441 g/mol. The lowest BCUT2D eigenvalue weighted by atomic mass is 9.92. The highest BCUT2D eigenvalue weighted by atomic mass is 35.5. The minimum Gasteiger partial charge on any atom is -0.341 e. The third kappa shape index (κ3) is 6.85. The highest BCUT2D eigenvalue weighted by molar-refractivity contribution is 6.35. The van der Waals surface area contributed by atoms with E-state index >= 15 is 0 Å². The summed E-state index contributed by atoms with van der Waals surface area (Å²) in [5.41, 5.74) is 0.599. The number of piperazine rings is 1. The molecule has 0 aliphatic carbocycles. The predicted octanol–water partition coefficient (Wildman–Crippen LogP) is 3.05. The van der Waals surface area contributed by atoms with Crippen LogP contribution in [0.5, 0.6) is 0 Å². The first-order valence-electron chi connectivity index (χ1n) is 10.3. The molecule has 0 aromatic heterocycles. The van der Waals surface area contributed by atoms with Crippen molar-refractivity contribution >= 4 is 40.7 Å². The summed E-state index contributed by atoms with van der Waals surface area (Å²) >= 11 is 11.9. The molecule has 0 bridgehead atoms. The summed E-state index contributed by atoms with van der Waals surface area (Å²) in [6.45, 7) is 10.1. The van der Waals surface area contributed by atoms with Gasteiger partial charge in [-0.25, -0.2) is 0 Å². The van der Waals surface area contributed by atoms with Crippen LogP contribution in [0.1, 0.15) is 20.3 Å².